The summed E-state index contributed by atoms with van der Waals surface area (Å²) in [4.78, 5) is 2.48. The minimum absolute atomic E-state index is 0.00705. The van der Waals surface area contributed by atoms with Crippen LogP contribution in [0.3, 0.4) is 0 Å². The van der Waals surface area contributed by atoms with Crippen molar-refractivity contribution < 1.29 is 0 Å². The molecule has 0 aliphatic carbocycles. The van der Waals surface area contributed by atoms with Gasteiger partial charge in [0, 0.05) is 16.8 Å². The summed E-state index contributed by atoms with van der Waals surface area (Å²) in [6, 6.07) is 82.9. The molecule has 0 bridgehead atoms. The van der Waals surface area contributed by atoms with Gasteiger partial charge in [-0.2, -0.15) is 0 Å². The third kappa shape index (κ3) is 8.27. The maximum atomic E-state index is 2.48. The number of para-hydroxylation sites is 1. The predicted molar refractivity (Wildman–Crippen MR) is 281 cm³/mol. The van der Waals surface area contributed by atoms with E-state index in [1.54, 1.807) is 0 Å². The highest BCUT2D eigenvalue weighted by Gasteiger charge is 2.25. The van der Waals surface area contributed by atoms with Crippen molar-refractivity contribution >= 4 is 38.6 Å². The molecule has 0 N–H and O–H groups in total. The molecule has 0 atom stereocenters. The van der Waals surface area contributed by atoms with Crippen molar-refractivity contribution in [2.75, 3.05) is 4.90 Å². The Hall–Kier alpha value is -7.48. The molecule has 0 saturated carbocycles. The molecule has 0 unspecified atom stereocenters. The zero-order valence-electron chi connectivity index (χ0n) is 38.3. The third-order valence-corrected chi connectivity index (χ3v) is 13.0. The first kappa shape index (κ1) is 41.5. The summed E-state index contributed by atoms with van der Waals surface area (Å²) in [5, 5.41) is 4.96. The number of hydrogen-bond donors (Lipinski definition) is 0. The zero-order valence-corrected chi connectivity index (χ0v) is 38.3. The van der Waals surface area contributed by atoms with Crippen molar-refractivity contribution in [1.29, 1.82) is 0 Å². The highest BCUT2D eigenvalue weighted by molar-refractivity contribution is 6.09. The van der Waals surface area contributed by atoms with E-state index in [-0.39, 0.29) is 10.8 Å². The standard InChI is InChI=1S/C64H55N/c1-63(2,3)53-40-52(41-54(43-53)64(4,5)6)56-28-17-25-48-26-18-29-58(62(48)56)57-27-15-16-30-60(57)65(55-36-33-46(34-37-55)50-32-31-45-21-13-14-24-49(45)39-50)61-38-35-51(44-19-9-7-10-20-44)42-59(61)47-22-11-8-12-23-47/h7-43H,1-6H3. The van der Waals surface area contributed by atoms with Crippen LogP contribution in [0.2, 0.25) is 0 Å². The van der Waals surface area contributed by atoms with Crippen LogP contribution in [0.15, 0.2) is 224 Å². The van der Waals surface area contributed by atoms with E-state index in [4.69, 9.17) is 0 Å². The average Bonchev–Trinajstić information content (AvgIpc) is 3.34. The Labute approximate surface area is 385 Å². The highest BCUT2D eigenvalue weighted by Crippen LogP contribution is 2.48. The molecule has 316 valence electrons. The lowest BCUT2D eigenvalue weighted by atomic mass is 9.78. The molecule has 0 amide bonds. The van der Waals surface area contributed by atoms with Crippen LogP contribution in [-0.2, 0) is 10.8 Å². The normalized spacial score (nSPS) is 11.8. The van der Waals surface area contributed by atoms with Crippen LogP contribution in [0.5, 0.6) is 0 Å². The van der Waals surface area contributed by atoms with E-state index in [0.717, 1.165) is 28.2 Å². The molecular weight excluding hydrogens is 783 g/mol. The summed E-state index contributed by atoms with van der Waals surface area (Å²) in [7, 11) is 0. The molecule has 0 aliphatic rings. The van der Waals surface area contributed by atoms with Gasteiger partial charge in [0.15, 0.2) is 0 Å². The van der Waals surface area contributed by atoms with Gasteiger partial charge in [-0.1, -0.05) is 230 Å². The third-order valence-electron chi connectivity index (χ3n) is 13.0. The van der Waals surface area contributed by atoms with E-state index < -0.39 is 0 Å². The van der Waals surface area contributed by atoms with Gasteiger partial charge in [0.1, 0.15) is 0 Å². The summed E-state index contributed by atoms with van der Waals surface area (Å²) in [6.07, 6.45) is 0. The van der Waals surface area contributed by atoms with Gasteiger partial charge < -0.3 is 4.90 Å². The van der Waals surface area contributed by atoms with Gasteiger partial charge >= 0.3 is 0 Å². The van der Waals surface area contributed by atoms with Crippen LogP contribution in [0.4, 0.5) is 17.1 Å². The van der Waals surface area contributed by atoms with E-state index in [0.29, 0.717) is 0 Å². The Kier molecular flexibility index (Phi) is 10.8. The molecule has 65 heavy (non-hydrogen) atoms. The quantitative estimate of drug-likeness (QED) is 0.147. The number of benzene rings is 10. The first-order chi connectivity index (χ1) is 31.5. The van der Waals surface area contributed by atoms with Crippen molar-refractivity contribution in [2.45, 2.75) is 52.4 Å². The molecule has 0 heterocycles. The van der Waals surface area contributed by atoms with Crippen molar-refractivity contribution in [3.63, 3.8) is 0 Å². The average molecular weight is 838 g/mol. The molecule has 0 spiro atoms. The molecular formula is C64H55N. The molecule has 0 aliphatic heterocycles. The van der Waals surface area contributed by atoms with Crippen LogP contribution >= 0.6 is 0 Å². The fourth-order valence-corrected chi connectivity index (χ4v) is 9.32. The maximum Gasteiger partial charge on any atom is 0.0540 e. The van der Waals surface area contributed by atoms with Gasteiger partial charge in [0.2, 0.25) is 0 Å². The number of nitrogens with zero attached hydrogens (tertiary/aromatic N) is 1. The van der Waals surface area contributed by atoms with Crippen molar-refractivity contribution in [3.8, 4) is 55.6 Å². The summed E-state index contributed by atoms with van der Waals surface area (Å²) in [6.45, 7) is 13.9. The molecule has 1 nitrogen and oxygen atoms in total. The fraction of sp³-hybridized carbons (Fsp3) is 0.125. The van der Waals surface area contributed by atoms with Gasteiger partial charge in [0.05, 0.1) is 11.4 Å². The second-order valence-electron chi connectivity index (χ2n) is 19.4. The number of anilines is 3. The lowest BCUT2D eigenvalue weighted by Crippen LogP contribution is -2.16. The molecule has 0 fully saturated rings. The monoisotopic (exact) mass is 837 g/mol. The zero-order chi connectivity index (χ0) is 44.7. The number of fused-ring (bicyclic) bond motifs is 2. The van der Waals surface area contributed by atoms with Crippen LogP contribution in [0.25, 0.3) is 77.2 Å². The van der Waals surface area contributed by atoms with E-state index in [2.05, 4.69) is 271 Å². The highest BCUT2D eigenvalue weighted by atomic mass is 15.1. The Morgan fingerprint density at radius 3 is 1.45 bits per heavy atom. The number of rotatable bonds is 8. The Morgan fingerprint density at radius 2 is 0.769 bits per heavy atom. The van der Waals surface area contributed by atoms with Crippen molar-refractivity contribution in [3.05, 3.63) is 236 Å². The van der Waals surface area contributed by atoms with Gasteiger partial charge in [-0.3, -0.25) is 0 Å². The summed E-state index contributed by atoms with van der Waals surface area (Å²) >= 11 is 0. The van der Waals surface area contributed by atoms with Crippen LogP contribution in [-0.4, -0.2) is 0 Å². The van der Waals surface area contributed by atoms with E-state index >= 15 is 0 Å². The van der Waals surface area contributed by atoms with Crippen molar-refractivity contribution in [2.24, 2.45) is 0 Å². The molecule has 0 saturated heterocycles. The summed E-state index contributed by atoms with van der Waals surface area (Å²) in [5.41, 5.74) is 17.9. The van der Waals surface area contributed by atoms with Crippen molar-refractivity contribution in [1.82, 2.24) is 0 Å². The van der Waals surface area contributed by atoms with Crippen LogP contribution in [0.1, 0.15) is 52.7 Å². The SMILES string of the molecule is CC(C)(C)c1cc(-c2cccc3cccc(-c4ccccc4N(c4ccc(-c5ccc6ccccc6c5)cc4)c4ccc(-c5ccccc5)cc4-c4ccccc4)c23)cc(C(C)(C)C)c1. The largest absolute Gasteiger partial charge is 0.309 e. The van der Waals surface area contributed by atoms with Gasteiger partial charge in [-0.05, 0) is 124 Å². The Morgan fingerprint density at radius 1 is 0.277 bits per heavy atom. The van der Waals surface area contributed by atoms with Crippen LogP contribution in [0, 0.1) is 0 Å². The topological polar surface area (TPSA) is 3.24 Å². The van der Waals surface area contributed by atoms with Gasteiger partial charge in [-0.15, -0.1) is 0 Å². The van der Waals surface area contributed by atoms with E-state index in [1.807, 2.05) is 0 Å². The molecule has 1 heteroatoms. The minimum Gasteiger partial charge on any atom is -0.309 e. The lowest BCUT2D eigenvalue weighted by molar-refractivity contribution is 0.569. The molecule has 10 aromatic carbocycles. The van der Waals surface area contributed by atoms with Gasteiger partial charge in [-0.25, -0.2) is 0 Å². The predicted octanol–water partition coefficient (Wildman–Crippen LogP) is 18.4. The first-order valence-electron chi connectivity index (χ1n) is 22.9. The van der Waals surface area contributed by atoms with E-state index in [9.17, 15) is 0 Å². The Balaban J connectivity index is 1.21. The second kappa shape index (κ2) is 16.9. The minimum atomic E-state index is -0.00705. The first-order valence-corrected chi connectivity index (χ1v) is 22.9. The summed E-state index contributed by atoms with van der Waals surface area (Å²) < 4.78 is 0. The smallest absolute Gasteiger partial charge is 0.0540 e. The summed E-state index contributed by atoms with van der Waals surface area (Å²) in [5.74, 6) is 0. The second-order valence-corrected chi connectivity index (χ2v) is 19.4. The van der Waals surface area contributed by atoms with E-state index in [1.165, 1.54) is 77.2 Å². The van der Waals surface area contributed by atoms with Crippen LogP contribution < -0.4 is 4.90 Å². The van der Waals surface area contributed by atoms with Gasteiger partial charge in [0.25, 0.3) is 0 Å². The lowest BCUT2D eigenvalue weighted by Gasteiger charge is -2.31. The Bertz CT molecular complexity index is 3270. The number of hydrogen-bond acceptors (Lipinski definition) is 1. The molecule has 10 aromatic rings. The molecule has 10 rings (SSSR count). The molecule has 0 radical (unpaired) electrons. The molecule has 0 aromatic heterocycles. The fourth-order valence-electron chi connectivity index (χ4n) is 9.32. The maximum absolute atomic E-state index is 2.48.